The molecule has 1 fully saturated rings. The lowest BCUT2D eigenvalue weighted by molar-refractivity contribution is -0.151. The number of cyclic esters (lactones) is 1. The molecule has 1 unspecified atom stereocenters. The number of rotatable bonds is 6. The molecular weight excluding hydrogens is 472 g/mol. The van der Waals surface area contributed by atoms with Gasteiger partial charge < -0.3 is 34.1 Å². The Morgan fingerprint density at radius 2 is 1.92 bits per heavy atom. The van der Waals surface area contributed by atoms with E-state index >= 15 is 0 Å². The van der Waals surface area contributed by atoms with Gasteiger partial charge in [0.25, 0.3) is 0 Å². The molecule has 2 aromatic rings. The summed E-state index contributed by atoms with van der Waals surface area (Å²) >= 11 is 0. The number of aromatic hydroxyl groups is 1. The van der Waals surface area contributed by atoms with Crippen molar-refractivity contribution in [3.63, 3.8) is 0 Å². The standard InChI is InChI=1S/C10H13NO4.C9H15NO4.C6H6O/c1-7-10(15-6-14-8(2)12)9(13-3)4-5-11-7;1-7-2-4-13-5-3-8(10-6-11)9(12)14-7;7-6-4-2-1-3-5-6/h4-5H,6H2,1-3H3;6-8H,2-5H2,1H3,(H,10,11);1-5,7H/t;7?,8-;/m.0./s1. The molecule has 0 aliphatic carbocycles. The smallest absolute Gasteiger partial charge is 0.328 e. The number of hydrogen-bond donors (Lipinski definition) is 2. The van der Waals surface area contributed by atoms with E-state index in [4.69, 9.17) is 24.1 Å². The van der Waals surface area contributed by atoms with Gasteiger partial charge in [-0.25, -0.2) is 4.79 Å². The van der Waals surface area contributed by atoms with Crippen LogP contribution in [0.2, 0.25) is 0 Å². The fraction of sp³-hybridized carbons (Fsp3) is 0.440. The summed E-state index contributed by atoms with van der Waals surface area (Å²) in [5.74, 6) is 0.601. The first kappa shape index (κ1) is 30.2. The molecule has 1 aliphatic rings. The quantitative estimate of drug-likeness (QED) is 0.341. The lowest BCUT2D eigenvalue weighted by Crippen LogP contribution is -2.38. The van der Waals surface area contributed by atoms with Gasteiger partial charge in [-0.05, 0) is 26.0 Å². The topological polar surface area (TPSA) is 143 Å². The largest absolute Gasteiger partial charge is 0.508 e. The van der Waals surface area contributed by atoms with Gasteiger partial charge >= 0.3 is 11.9 Å². The van der Waals surface area contributed by atoms with Gasteiger partial charge in [-0.15, -0.1) is 0 Å². The van der Waals surface area contributed by atoms with Gasteiger partial charge in [-0.1, -0.05) is 18.2 Å². The van der Waals surface area contributed by atoms with Gasteiger partial charge in [0.2, 0.25) is 13.2 Å². The molecule has 36 heavy (non-hydrogen) atoms. The minimum atomic E-state index is -0.576. The van der Waals surface area contributed by atoms with Gasteiger partial charge in [0.15, 0.2) is 11.5 Å². The molecule has 2 N–H and O–H groups in total. The van der Waals surface area contributed by atoms with Crippen LogP contribution in [0.15, 0.2) is 42.6 Å². The first-order valence-corrected chi connectivity index (χ1v) is 11.3. The highest BCUT2D eigenvalue weighted by Gasteiger charge is 2.22. The Bertz CT molecular complexity index is 925. The van der Waals surface area contributed by atoms with Crippen LogP contribution in [0.3, 0.4) is 0 Å². The number of nitrogens with one attached hydrogen (secondary N) is 1. The van der Waals surface area contributed by atoms with Crippen LogP contribution in [0.4, 0.5) is 0 Å². The molecular formula is C25H34N2O9. The number of para-hydroxylation sites is 1. The molecule has 2 heterocycles. The lowest BCUT2D eigenvalue weighted by Gasteiger charge is -2.15. The minimum Gasteiger partial charge on any atom is -0.508 e. The number of ether oxygens (including phenoxy) is 5. The van der Waals surface area contributed by atoms with E-state index < -0.39 is 12.0 Å². The van der Waals surface area contributed by atoms with Crippen LogP contribution in [0.1, 0.15) is 32.4 Å². The monoisotopic (exact) mass is 506 g/mol. The summed E-state index contributed by atoms with van der Waals surface area (Å²) in [5, 5.41) is 11.0. The van der Waals surface area contributed by atoms with Crippen molar-refractivity contribution in [2.45, 2.75) is 45.8 Å². The van der Waals surface area contributed by atoms with E-state index in [9.17, 15) is 14.4 Å². The summed E-state index contributed by atoms with van der Waals surface area (Å²) in [7, 11) is 1.54. The summed E-state index contributed by atoms with van der Waals surface area (Å²) in [6, 6.07) is 9.81. The Morgan fingerprint density at radius 3 is 2.50 bits per heavy atom. The molecule has 1 aromatic carbocycles. The van der Waals surface area contributed by atoms with E-state index in [1.54, 1.807) is 43.5 Å². The number of hydrogen-bond acceptors (Lipinski definition) is 10. The highest BCUT2D eigenvalue weighted by Crippen LogP contribution is 2.28. The van der Waals surface area contributed by atoms with E-state index in [1.807, 2.05) is 13.0 Å². The second-order valence-corrected chi connectivity index (χ2v) is 7.44. The first-order valence-electron chi connectivity index (χ1n) is 11.3. The van der Waals surface area contributed by atoms with Crippen molar-refractivity contribution in [2.75, 3.05) is 27.1 Å². The zero-order valence-corrected chi connectivity index (χ0v) is 21.0. The van der Waals surface area contributed by atoms with Crippen LogP contribution >= 0.6 is 0 Å². The Hall–Kier alpha value is -3.86. The second-order valence-electron chi connectivity index (χ2n) is 7.44. The van der Waals surface area contributed by atoms with Crippen molar-refractivity contribution in [2.24, 2.45) is 0 Å². The van der Waals surface area contributed by atoms with Crippen molar-refractivity contribution >= 4 is 18.3 Å². The molecule has 0 saturated carbocycles. The van der Waals surface area contributed by atoms with Crippen LogP contribution in [0.5, 0.6) is 17.2 Å². The number of aromatic nitrogens is 1. The first-order chi connectivity index (χ1) is 17.3. The molecule has 1 aliphatic heterocycles. The molecule has 3 rings (SSSR count). The number of carbonyl (C=O) groups excluding carboxylic acids is 3. The Morgan fingerprint density at radius 1 is 1.22 bits per heavy atom. The summed E-state index contributed by atoms with van der Waals surface area (Å²) in [6.07, 6.45) is 3.13. The van der Waals surface area contributed by atoms with Crippen LogP contribution in [-0.2, 0) is 28.6 Å². The van der Waals surface area contributed by atoms with Gasteiger partial charge in [-0.2, -0.15) is 0 Å². The number of amides is 1. The fourth-order valence-electron chi connectivity index (χ4n) is 2.71. The van der Waals surface area contributed by atoms with Crippen LogP contribution in [-0.4, -0.2) is 67.7 Å². The SMILES string of the molecule is CC1CCOCC[C@H](NC=O)C(=O)O1.COc1ccnc(C)c1OCOC(C)=O.Oc1ccccc1. The number of nitrogens with zero attached hydrogens (tertiary/aromatic N) is 1. The third-order valence-corrected chi connectivity index (χ3v) is 4.58. The molecule has 11 heteroatoms. The molecule has 11 nitrogen and oxygen atoms in total. The van der Waals surface area contributed by atoms with Gasteiger partial charge in [0.05, 0.1) is 19.4 Å². The van der Waals surface area contributed by atoms with Gasteiger partial charge in [0, 0.05) is 38.6 Å². The number of benzene rings is 1. The van der Waals surface area contributed by atoms with E-state index in [0.717, 1.165) is 0 Å². The number of esters is 2. The zero-order valence-electron chi connectivity index (χ0n) is 21.0. The summed E-state index contributed by atoms with van der Waals surface area (Å²) < 4.78 is 25.3. The van der Waals surface area contributed by atoms with Crippen LogP contribution in [0.25, 0.3) is 0 Å². The summed E-state index contributed by atoms with van der Waals surface area (Å²) in [4.78, 5) is 36.2. The fourth-order valence-corrected chi connectivity index (χ4v) is 2.71. The van der Waals surface area contributed by atoms with Crippen molar-refractivity contribution in [1.29, 1.82) is 0 Å². The second kappa shape index (κ2) is 17.6. The number of phenols is 1. The average molecular weight is 507 g/mol. The van der Waals surface area contributed by atoms with Crippen LogP contribution < -0.4 is 14.8 Å². The highest BCUT2D eigenvalue weighted by atomic mass is 16.7. The molecule has 0 radical (unpaired) electrons. The molecule has 1 aromatic heterocycles. The number of aryl methyl sites for hydroxylation is 1. The highest BCUT2D eigenvalue weighted by molar-refractivity contribution is 5.78. The van der Waals surface area contributed by atoms with E-state index in [0.29, 0.717) is 55.4 Å². The Balaban J connectivity index is 0.000000287. The minimum absolute atomic E-state index is 0.141. The summed E-state index contributed by atoms with van der Waals surface area (Å²) in [5.41, 5.74) is 0.682. The zero-order chi connectivity index (χ0) is 26.8. The summed E-state index contributed by atoms with van der Waals surface area (Å²) in [6.45, 7) is 5.82. The third kappa shape index (κ3) is 12.6. The van der Waals surface area contributed by atoms with Crippen molar-refractivity contribution in [3.8, 4) is 17.2 Å². The van der Waals surface area contributed by atoms with E-state index in [2.05, 4.69) is 15.0 Å². The predicted molar refractivity (Wildman–Crippen MR) is 129 cm³/mol. The number of carbonyl (C=O) groups is 3. The van der Waals surface area contributed by atoms with E-state index in [-0.39, 0.29) is 18.9 Å². The number of methoxy groups -OCH3 is 1. The average Bonchev–Trinajstić information content (AvgIpc) is 2.92. The van der Waals surface area contributed by atoms with Crippen molar-refractivity contribution in [3.05, 3.63) is 48.3 Å². The molecule has 0 bridgehead atoms. The van der Waals surface area contributed by atoms with Crippen molar-refractivity contribution < 1.29 is 43.2 Å². The van der Waals surface area contributed by atoms with E-state index in [1.165, 1.54) is 14.0 Å². The van der Waals surface area contributed by atoms with Gasteiger partial charge in [0.1, 0.15) is 17.9 Å². The number of phenolic OH excluding ortho intramolecular Hbond substituents is 1. The van der Waals surface area contributed by atoms with Crippen LogP contribution in [0, 0.1) is 6.92 Å². The third-order valence-electron chi connectivity index (χ3n) is 4.58. The maximum atomic E-state index is 11.4. The normalized spacial score (nSPS) is 17.1. The molecule has 1 amide bonds. The Kier molecular flexibility index (Phi) is 14.7. The maximum absolute atomic E-state index is 11.4. The molecule has 2 atom stereocenters. The number of pyridine rings is 1. The maximum Gasteiger partial charge on any atom is 0.328 e. The molecule has 198 valence electrons. The molecule has 1 saturated heterocycles. The Labute approximate surface area is 210 Å². The predicted octanol–water partition coefficient (Wildman–Crippen LogP) is 2.53. The lowest BCUT2D eigenvalue weighted by atomic mass is 10.2. The van der Waals surface area contributed by atoms with Crippen molar-refractivity contribution in [1.82, 2.24) is 10.3 Å². The van der Waals surface area contributed by atoms with Gasteiger partial charge in [-0.3, -0.25) is 14.6 Å². The molecule has 0 spiro atoms.